The Balaban J connectivity index is 2.32. The van der Waals surface area contributed by atoms with Gasteiger partial charge in [-0.25, -0.2) is 0 Å². The molecule has 0 saturated carbocycles. The van der Waals surface area contributed by atoms with Gasteiger partial charge in [-0.05, 0) is 55.1 Å². The fourth-order valence-electron chi connectivity index (χ4n) is 2.52. The number of aromatic hydroxyl groups is 1. The molecule has 0 unspecified atom stereocenters. The molecule has 0 bridgehead atoms. The number of rotatable bonds is 2. The Bertz CT molecular complexity index is 486. The van der Waals surface area contributed by atoms with Crippen molar-refractivity contribution >= 4 is 8.32 Å². The summed E-state index contributed by atoms with van der Waals surface area (Å²) in [6.45, 7) is 13.4. The first-order valence-corrected chi connectivity index (χ1v) is 10.0. The molecule has 0 saturated heterocycles. The summed E-state index contributed by atoms with van der Waals surface area (Å²) in [4.78, 5) is 0. The first kappa shape index (κ1) is 14.6. The van der Waals surface area contributed by atoms with Crippen molar-refractivity contribution in [2.75, 3.05) is 0 Å². The van der Waals surface area contributed by atoms with Gasteiger partial charge in [0.25, 0.3) is 0 Å². The van der Waals surface area contributed by atoms with Gasteiger partial charge in [-0.2, -0.15) is 0 Å². The number of phenols is 1. The highest BCUT2D eigenvalue weighted by molar-refractivity contribution is 6.74. The molecule has 0 spiro atoms. The van der Waals surface area contributed by atoms with Crippen LogP contribution in [-0.4, -0.2) is 13.4 Å². The molecule has 0 aromatic heterocycles. The van der Waals surface area contributed by atoms with Crippen LogP contribution >= 0.6 is 0 Å². The molecule has 106 valence electrons. The lowest BCUT2D eigenvalue weighted by Crippen LogP contribution is -2.41. The minimum Gasteiger partial charge on any atom is -0.508 e. The van der Waals surface area contributed by atoms with Crippen molar-refractivity contribution in [3.8, 4) is 5.75 Å². The van der Waals surface area contributed by atoms with Gasteiger partial charge in [-0.3, -0.25) is 0 Å². The van der Waals surface area contributed by atoms with Crippen molar-refractivity contribution in [3.63, 3.8) is 0 Å². The van der Waals surface area contributed by atoms with E-state index in [9.17, 15) is 5.11 Å². The number of aryl methyl sites for hydroxylation is 1. The highest BCUT2D eigenvalue weighted by Gasteiger charge is 2.41. The van der Waals surface area contributed by atoms with E-state index in [4.69, 9.17) is 4.43 Å². The van der Waals surface area contributed by atoms with Crippen molar-refractivity contribution in [1.82, 2.24) is 0 Å². The van der Waals surface area contributed by atoms with Crippen molar-refractivity contribution in [3.05, 3.63) is 28.8 Å². The highest BCUT2D eigenvalue weighted by atomic mass is 28.4. The monoisotopic (exact) mass is 278 g/mol. The summed E-state index contributed by atoms with van der Waals surface area (Å²) in [7, 11) is -1.79. The molecule has 0 radical (unpaired) electrons. The lowest BCUT2D eigenvalue weighted by molar-refractivity contribution is 0.182. The molecular formula is C16H26O2Si. The molecule has 0 fully saturated rings. The predicted octanol–water partition coefficient (Wildman–Crippen LogP) is 4.71. The zero-order valence-electron chi connectivity index (χ0n) is 13.0. The van der Waals surface area contributed by atoms with E-state index in [1.165, 1.54) is 11.1 Å². The zero-order chi connectivity index (χ0) is 14.4. The largest absolute Gasteiger partial charge is 0.508 e. The Labute approximate surface area is 117 Å². The molecule has 1 aliphatic rings. The van der Waals surface area contributed by atoms with Crippen LogP contribution in [0.5, 0.6) is 5.75 Å². The van der Waals surface area contributed by atoms with Crippen molar-refractivity contribution in [2.24, 2.45) is 0 Å². The second-order valence-corrected chi connectivity index (χ2v) is 12.0. The minimum absolute atomic E-state index is 0.0794. The van der Waals surface area contributed by atoms with Crippen molar-refractivity contribution in [1.29, 1.82) is 0 Å². The van der Waals surface area contributed by atoms with Crippen LogP contribution in [0.15, 0.2) is 12.1 Å². The summed E-state index contributed by atoms with van der Waals surface area (Å²) in [5.41, 5.74) is 3.61. The van der Waals surface area contributed by atoms with Crippen LogP contribution in [0.4, 0.5) is 0 Å². The van der Waals surface area contributed by atoms with Crippen LogP contribution in [0.2, 0.25) is 18.1 Å². The molecule has 0 aliphatic heterocycles. The average Bonchev–Trinajstić information content (AvgIpc) is 2.66. The van der Waals surface area contributed by atoms with E-state index in [1.807, 2.05) is 12.1 Å². The molecular weight excluding hydrogens is 252 g/mol. The number of benzene rings is 1. The maximum atomic E-state index is 10.2. The van der Waals surface area contributed by atoms with Gasteiger partial charge in [0.2, 0.25) is 0 Å². The normalized spacial score (nSPS) is 19.6. The van der Waals surface area contributed by atoms with E-state index < -0.39 is 8.32 Å². The molecule has 0 amide bonds. The van der Waals surface area contributed by atoms with Crippen LogP contribution in [-0.2, 0) is 10.8 Å². The van der Waals surface area contributed by atoms with E-state index in [1.54, 1.807) is 0 Å². The van der Waals surface area contributed by atoms with Crippen molar-refractivity contribution in [2.45, 2.75) is 64.8 Å². The van der Waals surface area contributed by atoms with Crippen molar-refractivity contribution < 1.29 is 9.53 Å². The van der Waals surface area contributed by atoms with Gasteiger partial charge in [0, 0.05) is 5.56 Å². The SMILES string of the molecule is Cc1ccc(O)c2c1CC[C@H]2O[Si](C)(C)C(C)(C)C. The van der Waals surface area contributed by atoms with Crippen LogP contribution in [0.1, 0.15) is 50.0 Å². The van der Waals surface area contributed by atoms with Gasteiger partial charge in [0.05, 0.1) is 6.10 Å². The highest BCUT2D eigenvalue weighted by Crippen LogP contribution is 2.46. The molecule has 0 heterocycles. The number of fused-ring (bicyclic) bond motifs is 1. The Morgan fingerprint density at radius 1 is 1.26 bits per heavy atom. The van der Waals surface area contributed by atoms with Crippen LogP contribution < -0.4 is 0 Å². The van der Waals surface area contributed by atoms with Gasteiger partial charge < -0.3 is 9.53 Å². The zero-order valence-corrected chi connectivity index (χ0v) is 14.0. The molecule has 1 atom stereocenters. The summed E-state index contributed by atoms with van der Waals surface area (Å²) in [5.74, 6) is 0.404. The smallest absolute Gasteiger partial charge is 0.192 e. The Morgan fingerprint density at radius 2 is 1.89 bits per heavy atom. The van der Waals surface area contributed by atoms with Crippen LogP contribution in [0.3, 0.4) is 0 Å². The summed E-state index contributed by atoms with van der Waals surface area (Å²) in [6, 6.07) is 3.81. The molecule has 2 nitrogen and oxygen atoms in total. The fourth-order valence-corrected chi connectivity index (χ4v) is 3.82. The third-order valence-corrected chi connectivity index (χ3v) is 9.28. The molecule has 1 aliphatic carbocycles. The lowest BCUT2D eigenvalue weighted by Gasteiger charge is -2.38. The van der Waals surface area contributed by atoms with Gasteiger partial charge in [0.15, 0.2) is 8.32 Å². The second-order valence-electron chi connectivity index (χ2n) is 7.20. The summed E-state index contributed by atoms with van der Waals surface area (Å²) in [5, 5.41) is 10.4. The van der Waals surface area contributed by atoms with E-state index in [0.29, 0.717) is 5.75 Å². The van der Waals surface area contributed by atoms with Gasteiger partial charge in [-0.15, -0.1) is 0 Å². The quantitative estimate of drug-likeness (QED) is 0.794. The van der Waals surface area contributed by atoms with E-state index in [-0.39, 0.29) is 11.1 Å². The third kappa shape index (κ3) is 2.58. The average molecular weight is 278 g/mol. The Hall–Kier alpha value is -0.803. The number of hydrogen-bond donors (Lipinski definition) is 1. The lowest BCUT2D eigenvalue weighted by atomic mass is 10.0. The van der Waals surface area contributed by atoms with Gasteiger partial charge in [0.1, 0.15) is 5.75 Å². The predicted molar refractivity (Wildman–Crippen MR) is 82.2 cm³/mol. The maximum Gasteiger partial charge on any atom is 0.192 e. The minimum atomic E-state index is -1.79. The number of hydrogen-bond acceptors (Lipinski definition) is 2. The summed E-state index contributed by atoms with van der Waals surface area (Å²) >= 11 is 0. The molecule has 3 heteroatoms. The molecule has 1 aromatic rings. The van der Waals surface area contributed by atoms with Gasteiger partial charge in [-0.1, -0.05) is 26.8 Å². The molecule has 1 N–H and O–H groups in total. The van der Waals surface area contributed by atoms with E-state index in [0.717, 1.165) is 18.4 Å². The topological polar surface area (TPSA) is 29.5 Å². The fraction of sp³-hybridized carbons (Fsp3) is 0.625. The van der Waals surface area contributed by atoms with E-state index >= 15 is 0 Å². The first-order chi connectivity index (χ1) is 8.63. The number of phenolic OH excluding ortho intramolecular Hbond substituents is 1. The molecule has 1 aromatic carbocycles. The first-order valence-electron chi connectivity index (χ1n) is 7.12. The van der Waals surface area contributed by atoms with Gasteiger partial charge >= 0.3 is 0 Å². The second kappa shape index (κ2) is 4.64. The maximum absolute atomic E-state index is 10.2. The summed E-state index contributed by atoms with van der Waals surface area (Å²) in [6.07, 6.45) is 2.10. The molecule has 2 rings (SSSR count). The van der Waals surface area contributed by atoms with E-state index in [2.05, 4.69) is 40.8 Å². The third-order valence-electron chi connectivity index (χ3n) is 4.79. The standard InChI is InChI=1S/C16H26O2Si/c1-11-7-9-13(17)15-12(11)8-10-14(15)18-19(5,6)16(2,3)4/h7,9,14,17H,8,10H2,1-6H3/t14-/m1/s1. The Morgan fingerprint density at radius 3 is 2.47 bits per heavy atom. The molecule has 19 heavy (non-hydrogen) atoms. The summed E-state index contributed by atoms with van der Waals surface area (Å²) < 4.78 is 6.50. The van der Waals surface area contributed by atoms with Crippen LogP contribution in [0.25, 0.3) is 0 Å². The van der Waals surface area contributed by atoms with Crippen LogP contribution in [0, 0.1) is 6.92 Å². The Kier molecular flexibility index (Phi) is 3.56.